The zero-order chi connectivity index (χ0) is 19.1. The quantitative estimate of drug-likeness (QED) is 0.889. The Balaban J connectivity index is 1.87. The second kappa shape index (κ2) is 6.87. The van der Waals surface area contributed by atoms with Crippen LogP contribution in [0, 0.1) is 13.8 Å². The van der Waals surface area contributed by atoms with Crippen LogP contribution in [0.2, 0.25) is 0 Å². The molecule has 1 aliphatic heterocycles. The summed E-state index contributed by atoms with van der Waals surface area (Å²) in [7, 11) is -3.02. The van der Waals surface area contributed by atoms with Gasteiger partial charge in [0.15, 0.2) is 15.5 Å². The molecule has 1 aliphatic rings. The number of hydrogen-bond donors (Lipinski definition) is 1. The molecule has 0 saturated carbocycles. The molecule has 1 fully saturated rings. The van der Waals surface area contributed by atoms with E-state index in [0.29, 0.717) is 12.1 Å². The highest BCUT2D eigenvalue weighted by Gasteiger charge is 2.32. The summed E-state index contributed by atoms with van der Waals surface area (Å²) in [4.78, 5) is 12.6. The fraction of sp³-hybridized carbons (Fsp3) is 0.474. The predicted octanol–water partition coefficient (Wildman–Crippen LogP) is 3.24. The molecule has 7 heteroatoms. The molecule has 140 valence electrons. The van der Waals surface area contributed by atoms with E-state index in [9.17, 15) is 13.2 Å². The molecule has 0 unspecified atom stereocenters. The standard InChI is InChI=1S/C19H25N3O3S/c1-12(2)18-10-17(21-22(18)16-7-8-26(24,25)11-16)19(23)20-15-6-5-13(3)14(4)9-15/h5-6,9-10,12,16H,7-8,11H2,1-4H3,(H,20,23)/t16-/m1/s1. The zero-order valence-electron chi connectivity index (χ0n) is 15.6. The molecule has 1 aromatic carbocycles. The number of aryl methyl sites for hydroxylation is 2. The van der Waals surface area contributed by atoms with Crippen molar-refractivity contribution in [2.75, 3.05) is 16.8 Å². The summed E-state index contributed by atoms with van der Waals surface area (Å²) in [6, 6.07) is 7.33. The monoisotopic (exact) mass is 375 g/mol. The summed E-state index contributed by atoms with van der Waals surface area (Å²) in [5.41, 5.74) is 4.19. The maximum absolute atomic E-state index is 12.6. The van der Waals surface area contributed by atoms with E-state index in [1.807, 2.05) is 45.9 Å². The maximum Gasteiger partial charge on any atom is 0.276 e. The second-order valence-corrected chi connectivity index (χ2v) is 9.59. The first-order valence-corrected chi connectivity index (χ1v) is 10.7. The van der Waals surface area contributed by atoms with Gasteiger partial charge in [-0.3, -0.25) is 9.48 Å². The third-order valence-corrected chi connectivity index (χ3v) is 6.66. The Morgan fingerprint density at radius 1 is 1.23 bits per heavy atom. The predicted molar refractivity (Wildman–Crippen MR) is 102 cm³/mol. The fourth-order valence-electron chi connectivity index (χ4n) is 3.23. The molecular weight excluding hydrogens is 350 g/mol. The van der Waals surface area contributed by atoms with Gasteiger partial charge >= 0.3 is 0 Å². The van der Waals surface area contributed by atoms with Gasteiger partial charge in [-0.15, -0.1) is 0 Å². The Hall–Kier alpha value is -2.15. The molecule has 0 aliphatic carbocycles. The van der Waals surface area contributed by atoms with E-state index in [1.54, 1.807) is 10.7 Å². The lowest BCUT2D eigenvalue weighted by atomic mass is 10.1. The number of aromatic nitrogens is 2. The number of rotatable bonds is 4. The van der Waals surface area contributed by atoms with Crippen LogP contribution >= 0.6 is 0 Å². The number of anilines is 1. The molecule has 0 radical (unpaired) electrons. The van der Waals surface area contributed by atoms with Gasteiger partial charge in [0.05, 0.1) is 17.5 Å². The Bertz CT molecular complexity index is 945. The maximum atomic E-state index is 12.6. The number of benzene rings is 1. The van der Waals surface area contributed by atoms with E-state index < -0.39 is 9.84 Å². The SMILES string of the molecule is Cc1ccc(NC(=O)c2cc(C(C)C)n([C@@H]3CCS(=O)(=O)C3)n2)cc1C. The van der Waals surface area contributed by atoms with Gasteiger partial charge in [-0.2, -0.15) is 5.10 Å². The van der Waals surface area contributed by atoms with Crippen molar-refractivity contribution in [3.63, 3.8) is 0 Å². The van der Waals surface area contributed by atoms with Gasteiger partial charge in [-0.25, -0.2) is 8.42 Å². The summed E-state index contributed by atoms with van der Waals surface area (Å²) >= 11 is 0. The van der Waals surface area contributed by atoms with E-state index in [4.69, 9.17) is 0 Å². The molecule has 2 heterocycles. The average molecular weight is 375 g/mol. The fourth-order valence-corrected chi connectivity index (χ4v) is 4.92. The summed E-state index contributed by atoms with van der Waals surface area (Å²) < 4.78 is 25.4. The highest BCUT2D eigenvalue weighted by molar-refractivity contribution is 7.91. The highest BCUT2D eigenvalue weighted by atomic mass is 32.2. The molecule has 1 amide bonds. The molecule has 2 aromatic rings. The minimum absolute atomic E-state index is 0.0899. The van der Waals surface area contributed by atoms with Crippen LogP contribution in [0.3, 0.4) is 0 Å². The Morgan fingerprint density at radius 3 is 2.54 bits per heavy atom. The molecule has 1 saturated heterocycles. The van der Waals surface area contributed by atoms with Gasteiger partial charge in [0, 0.05) is 11.4 Å². The summed E-state index contributed by atoms with van der Waals surface area (Å²) in [6.45, 7) is 8.05. The van der Waals surface area contributed by atoms with Gasteiger partial charge in [0.2, 0.25) is 0 Å². The van der Waals surface area contributed by atoms with Crippen molar-refractivity contribution in [3.8, 4) is 0 Å². The van der Waals surface area contributed by atoms with E-state index in [1.165, 1.54) is 0 Å². The number of nitrogens with one attached hydrogen (secondary N) is 1. The van der Waals surface area contributed by atoms with Crippen LogP contribution in [-0.4, -0.2) is 35.6 Å². The molecule has 6 nitrogen and oxygen atoms in total. The van der Waals surface area contributed by atoms with Crippen LogP contribution in [0.4, 0.5) is 5.69 Å². The zero-order valence-corrected chi connectivity index (χ0v) is 16.4. The number of amides is 1. The van der Waals surface area contributed by atoms with Crippen molar-refractivity contribution in [3.05, 3.63) is 46.8 Å². The Kier molecular flexibility index (Phi) is 4.92. The minimum Gasteiger partial charge on any atom is -0.321 e. The van der Waals surface area contributed by atoms with Gasteiger partial charge in [-0.05, 0) is 55.5 Å². The second-order valence-electron chi connectivity index (χ2n) is 7.36. The van der Waals surface area contributed by atoms with Crippen molar-refractivity contribution >= 4 is 21.4 Å². The van der Waals surface area contributed by atoms with Crippen molar-refractivity contribution in [2.45, 2.75) is 46.1 Å². The van der Waals surface area contributed by atoms with E-state index in [0.717, 1.165) is 22.5 Å². The van der Waals surface area contributed by atoms with E-state index in [2.05, 4.69) is 10.4 Å². The molecule has 3 rings (SSSR count). The van der Waals surface area contributed by atoms with Gasteiger partial charge < -0.3 is 5.32 Å². The van der Waals surface area contributed by atoms with Crippen LogP contribution in [0.5, 0.6) is 0 Å². The Labute approximate surface area is 154 Å². The lowest BCUT2D eigenvalue weighted by Crippen LogP contribution is -2.17. The molecule has 1 aromatic heterocycles. The van der Waals surface area contributed by atoms with Gasteiger partial charge in [-0.1, -0.05) is 19.9 Å². The smallest absolute Gasteiger partial charge is 0.276 e. The molecule has 1 N–H and O–H groups in total. The number of carbonyl (C=O) groups is 1. The Morgan fingerprint density at radius 2 is 1.96 bits per heavy atom. The normalized spacial score (nSPS) is 19.0. The average Bonchev–Trinajstić information content (AvgIpc) is 3.14. The topological polar surface area (TPSA) is 81.1 Å². The summed E-state index contributed by atoms with van der Waals surface area (Å²) in [5.74, 6) is 0.134. The molecule has 0 bridgehead atoms. The van der Waals surface area contributed by atoms with Crippen molar-refractivity contribution in [2.24, 2.45) is 0 Å². The first-order chi connectivity index (χ1) is 12.2. The van der Waals surface area contributed by atoms with Crippen molar-refractivity contribution in [1.82, 2.24) is 9.78 Å². The lowest BCUT2D eigenvalue weighted by Gasteiger charge is -2.15. The number of carbonyl (C=O) groups excluding carboxylic acids is 1. The van der Waals surface area contributed by atoms with Crippen LogP contribution in [0.1, 0.15) is 59.5 Å². The third kappa shape index (κ3) is 3.82. The number of sulfone groups is 1. The minimum atomic E-state index is -3.02. The summed E-state index contributed by atoms with van der Waals surface area (Å²) in [6.07, 6.45) is 0.544. The van der Waals surface area contributed by atoms with Crippen LogP contribution < -0.4 is 5.32 Å². The first-order valence-electron chi connectivity index (χ1n) is 8.85. The van der Waals surface area contributed by atoms with Crippen molar-refractivity contribution in [1.29, 1.82) is 0 Å². The third-order valence-electron chi connectivity index (χ3n) is 4.91. The molecule has 1 atom stereocenters. The number of nitrogens with zero attached hydrogens (tertiary/aromatic N) is 2. The summed E-state index contributed by atoms with van der Waals surface area (Å²) in [5, 5.41) is 7.33. The number of hydrogen-bond acceptors (Lipinski definition) is 4. The molecule has 26 heavy (non-hydrogen) atoms. The van der Waals surface area contributed by atoms with Crippen LogP contribution in [0.15, 0.2) is 24.3 Å². The first kappa shape index (κ1) is 18.6. The van der Waals surface area contributed by atoms with Crippen LogP contribution in [-0.2, 0) is 9.84 Å². The van der Waals surface area contributed by atoms with E-state index >= 15 is 0 Å². The van der Waals surface area contributed by atoms with Crippen molar-refractivity contribution < 1.29 is 13.2 Å². The largest absolute Gasteiger partial charge is 0.321 e. The van der Waals surface area contributed by atoms with Gasteiger partial charge in [0.1, 0.15) is 0 Å². The van der Waals surface area contributed by atoms with E-state index in [-0.39, 0.29) is 29.4 Å². The van der Waals surface area contributed by atoms with Gasteiger partial charge in [0.25, 0.3) is 5.91 Å². The lowest BCUT2D eigenvalue weighted by molar-refractivity contribution is 0.102. The highest BCUT2D eigenvalue weighted by Crippen LogP contribution is 2.28. The molecular formula is C19H25N3O3S. The van der Waals surface area contributed by atoms with Crippen LogP contribution in [0.25, 0.3) is 0 Å². The molecule has 0 spiro atoms.